The smallest absolute Gasteiger partial charge is 0.307 e. The maximum Gasteiger partial charge on any atom is 0.323 e. The number of hydrogen-bond donors (Lipinski definition) is 2. The lowest BCUT2D eigenvalue weighted by atomic mass is 10.1. The Kier molecular flexibility index (Phi) is 4.31. The van der Waals surface area contributed by atoms with E-state index in [9.17, 15) is 23.7 Å². The summed E-state index contributed by atoms with van der Waals surface area (Å²) in [5.41, 5.74) is 0.129. The molecule has 0 spiro atoms. The Morgan fingerprint density at radius 3 is 2.45 bits per heavy atom. The Balaban J connectivity index is 2.16. The molecular weight excluding hydrogens is 296 g/mol. The molecule has 114 valence electrons. The van der Waals surface area contributed by atoms with E-state index in [0.29, 0.717) is 6.07 Å². The monoisotopic (exact) mass is 307 g/mol. The number of hydrogen-bond acceptors (Lipinski definition) is 3. The minimum absolute atomic E-state index is 0.147. The average Bonchev–Trinajstić information content (AvgIpc) is 2.44. The summed E-state index contributed by atoms with van der Waals surface area (Å²) in [6, 6.07) is 6.10. The van der Waals surface area contributed by atoms with Crippen LogP contribution in [-0.4, -0.2) is 11.0 Å². The van der Waals surface area contributed by atoms with E-state index in [1.54, 1.807) is 0 Å². The molecule has 22 heavy (non-hydrogen) atoms. The number of nitro benzene ring substituents is 1. The second kappa shape index (κ2) is 6.17. The first-order chi connectivity index (χ1) is 10.4. The maximum absolute atomic E-state index is 13.4. The van der Waals surface area contributed by atoms with Crippen LogP contribution < -0.4 is 10.6 Å². The molecule has 0 aliphatic rings. The lowest BCUT2D eigenvalue weighted by molar-refractivity contribution is -0.385. The molecule has 2 amide bonds. The van der Waals surface area contributed by atoms with Gasteiger partial charge in [0, 0.05) is 12.1 Å². The zero-order valence-electron chi connectivity index (χ0n) is 11.4. The molecular formula is C14H11F2N3O3. The van der Waals surface area contributed by atoms with E-state index in [1.165, 1.54) is 25.1 Å². The molecule has 0 saturated heterocycles. The highest BCUT2D eigenvalue weighted by Crippen LogP contribution is 2.25. The third kappa shape index (κ3) is 3.35. The fourth-order valence-electron chi connectivity index (χ4n) is 1.82. The largest absolute Gasteiger partial charge is 0.323 e. The summed E-state index contributed by atoms with van der Waals surface area (Å²) in [5.74, 6) is -1.69. The summed E-state index contributed by atoms with van der Waals surface area (Å²) in [5, 5.41) is 15.4. The van der Waals surface area contributed by atoms with Crippen molar-refractivity contribution in [1.29, 1.82) is 0 Å². The van der Waals surface area contributed by atoms with Gasteiger partial charge in [-0.05, 0) is 25.1 Å². The molecule has 2 rings (SSSR count). The van der Waals surface area contributed by atoms with E-state index in [2.05, 4.69) is 10.6 Å². The summed E-state index contributed by atoms with van der Waals surface area (Å²) < 4.78 is 26.2. The highest BCUT2D eigenvalue weighted by atomic mass is 19.1. The number of carbonyl (C=O) groups excluding carboxylic acids is 1. The highest BCUT2D eigenvalue weighted by Gasteiger charge is 2.15. The van der Waals surface area contributed by atoms with E-state index < -0.39 is 22.6 Å². The number of anilines is 2. The van der Waals surface area contributed by atoms with Crippen molar-refractivity contribution in [3.8, 4) is 0 Å². The van der Waals surface area contributed by atoms with Crippen molar-refractivity contribution in [2.75, 3.05) is 10.6 Å². The van der Waals surface area contributed by atoms with Crippen molar-refractivity contribution in [3.63, 3.8) is 0 Å². The van der Waals surface area contributed by atoms with Crippen LogP contribution >= 0.6 is 0 Å². The quantitative estimate of drug-likeness (QED) is 0.667. The van der Waals surface area contributed by atoms with E-state index in [-0.39, 0.29) is 22.6 Å². The van der Waals surface area contributed by atoms with Gasteiger partial charge in [-0.15, -0.1) is 0 Å². The molecule has 0 aliphatic carbocycles. The zero-order chi connectivity index (χ0) is 16.3. The van der Waals surface area contributed by atoms with E-state index in [4.69, 9.17) is 0 Å². The lowest BCUT2D eigenvalue weighted by Gasteiger charge is -2.10. The molecule has 0 atom stereocenters. The highest BCUT2D eigenvalue weighted by molar-refractivity contribution is 6.00. The van der Waals surface area contributed by atoms with Crippen molar-refractivity contribution in [3.05, 3.63) is 63.7 Å². The molecule has 8 heteroatoms. The molecule has 0 fully saturated rings. The number of rotatable bonds is 3. The van der Waals surface area contributed by atoms with E-state index in [0.717, 1.165) is 12.1 Å². The van der Waals surface area contributed by atoms with Crippen molar-refractivity contribution in [1.82, 2.24) is 0 Å². The molecule has 0 unspecified atom stereocenters. The summed E-state index contributed by atoms with van der Waals surface area (Å²) in [7, 11) is 0. The zero-order valence-corrected chi connectivity index (χ0v) is 11.4. The number of halogens is 2. The SMILES string of the molecule is Cc1c(NC(=O)Nc2ccc(F)cc2F)cccc1[N+](=O)[O-]. The molecule has 0 radical (unpaired) electrons. The number of urea groups is 1. The molecule has 0 aromatic heterocycles. The number of benzene rings is 2. The normalized spacial score (nSPS) is 10.1. The van der Waals surface area contributed by atoms with Gasteiger partial charge in [0.15, 0.2) is 0 Å². The number of amides is 2. The Bertz CT molecular complexity index is 750. The second-order valence-electron chi connectivity index (χ2n) is 4.41. The third-order valence-corrected chi connectivity index (χ3v) is 2.93. The average molecular weight is 307 g/mol. The van der Waals surface area contributed by atoms with Gasteiger partial charge in [0.1, 0.15) is 11.6 Å². The van der Waals surface area contributed by atoms with Gasteiger partial charge < -0.3 is 10.6 Å². The number of nitrogens with zero attached hydrogens (tertiary/aromatic N) is 1. The predicted molar refractivity (Wildman–Crippen MR) is 76.8 cm³/mol. The molecule has 2 aromatic rings. The van der Waals surface area contributed by atoms with Crippen molar-refractivity contribution >= 4 is 23.1 Å². The van der Waals surface area contributed by atoms with Crippen LogP contribution in [0.1, 0.15) is 5.56 Å². The van der Waals surface area contributed by atoms with Gasteiger partial charge in [0.05, 0.1) is 21.9 Å². The molecule has 6 nitrogen and oxygen atoms in total. The predicted octanol–water partition coefficient (Wildman–Crippen LogP) is 3.83. The third-order valence-electron chi connectivity index (χ3n) is 2.93. The van der Waals surface area contributed by atoms with Crippen LogP contribution in [0.3, 0.4) is 0 Å². The summed E-state index contributed by atoms with van der Waals surface area (Å²) in [6.45, 7) is 1.48. The fraction of sp³-hybridized carbons (Fsp3) is 0.0714. The minimum Gasteiger partial charge on any atom is -0.307 e. The van der Waals surface area contributed by atoms with Crippen LogP contribution in [0.2, 0.25) is 0 Å². The molecule has 0 aliphatic heterocycles. The fourth-order valence-corrected chi connectivity index (χ4v) is 1.82. The number of carbonyl (C=O) groups is 1. The molecule has 2 aromatic carbocycles. The number of nitrogens with one attached hydrogen (secondary N) is 2. The minimum atomic E-state index is -0.925. The maximum atomic E-state index is 13.4. The first-order valence-corrected chi connectivity index (χ1v) is 6.15. The van der Waals surface area contributed by atoms with Crippen molar-refractivity contribution < 1.29 is 18.5 Å². The summed E-state index contributed by atoms with van der Waals surface area (Å²) >= 11 is 0. The first-order valence-electron chi connectivity index (χ1n) is 6.15. The van der Waals surface area contributed by atoms with Gasteiger partial charge in [-0.25, -0.2) is 13.6 Å². The Morgan fingerprint density at radius 2 is 1.82 bits per heavy atom. The second-order valence-corrected chi connectivity index (χ2v) is 4.41. The van der Waals surface area contributed by atoms with Gasteiger partial charge in [-0.3, -0.25) is 10.1 Å². The summed E-state index contributed by atoms with van der Waals surface area (Å²) in [4.78, 5) is 22.0. The van der Waals surface area contributed by atoms with E-state index in [1.807, 2.05) is 0 Å². The van der Waals surface area contributed by atoms with Gasteiger partial charge in [0.2, 0.25) is 0 Å². The van der Waals surface area contributed by atoms with Crippen molar-refractivity contribution in [2.45, 2.75) is 6.92 Å². The van der Waals surface area contributed by atoms with Gasteiger partial charge in [0.25, 0.3) is 5.69 Å². The van der Waals surface area contributed by atoms with Gasteiger partial charge in [-0.1, -0.05) is 6.07 Å². The number of nitro groups is 1. The molecule has 0 bridgehead atoms. The van der Waals surface area contributed by atoms with Gasteiger partial charge >= 0.3 is 6.03 Å². The Morgan fingerprint density at radius 1 is 1.14 bits per heavy atom. The topological polar surface area (TPSA) is 84.3 Å². The van der Waals surface area contributed by atoms with Crippen LogP contribution in [0.25, 0.3) is 0 Å². The molecule has 0 heterocycles. The van der Waals surface area contributed by atoms with Crippen molar-refractivity contribution in [2.24, 2.45) is 0 Å². The van der Waals surface area contributed by atoms with Crippen LogP contribution in [0.5, 0.6) is 0 Å². The molecule has 0 saturated carbocycles. The Labute approximate surface area is 123 Å². The first kappa shape index (κ1) is 15.4. The van der Waals surface area contributed by atoms with Crippen LogP contribution in [0, 0.1) is 28.7 Å². The van der Waals surface area contributed by atoms with Crippen LogP contribution in [0.4, 0.5) is 30.6 Å². The van der Waals surface area contributed by atoms with E-state index >= 15 is 0 Å². The van der Waals surface area contributed by atoms with Crippen LogP contribution in [0.15, 0.2) is 36.4 Å². The Hall–Kier alpha value is -3.03. The summed E-state index contributed by atoms with van der Waals surface area (Å²) in [6.07, 6.45) is 0. The standard InChI is InChI=1S/C14H11F2N3O3/c1-8-11(3-2-4-13(8)19(21)22)17-14(20)18-12-6-5-9(15)7-10(12)16/h2-7H,1H3,(H2,17,18,20). The lowest BCUT2D eigenvalue weighted by Crippen LogP contribution is -2.20. The van der Waals surface area contributed by atoms with Crippen LogP contribution in [-0.2, 0) is 0 Å². The molecule has 2 N–H and O–H groups in total. The van der Waals surface area contributed by atoms with Gasteiger partial charge in [-0.2, -0.15) is 0 Å².